The Morgan fingerprint density at radius 2 is 1.70 bits per heavy atom. The Morgan fingerprint density at radius 3 is 2.37 bits per heavy atom. The third-order valence-electron chi connectivity index (χ3n) is 4.21. The number of carbonyl (C=O) groups is 1. The normalized spacial score (nSPS) is 10.6. The van der Waals surface area contributed by atoms with Crippen LogP contribution in [0.25, 0.3) is 5.69 Å². The fourth-order valence-electron chi connectivity index (χ4n) is 2.83. The van der Waals surface area contributed by atoms with Gasteiger partial charge in [-0.3, -0.25) is 4.79 Å². The molecule has 27 heavy (non-hydrogen) atoms. The molecule has 0 saturated carbocycles. The zero-order chi connectivity index (χ0) is 19.6. The largest absolute Gasteiger partial charge is 0.493 e. The number of carbonyl (C=O) groups excluding carboxylic acids is 1. The standard InChI is InChI=1S/C20H22N4O3/c1-12-6-8-16(13(2)10-12)24-22-14(3)19(23-24)20(25)21-15-7-9-17(26-4)18(11-15)27-5/h6-11H,1-5H3,(H,21,25). The van der Waals surface area contributed by atoms with E-state index in [9.17, 15) is 4.79 Å². The molecule has 0 aliphatic carbocycles. The van der Waals surface area contributed by atoms with Crippen LogP contribution in [0.15, 0.2) is 36.4 Å². The number of hydrogen-bond donors (Lipinski definition) is 1. The summed E-state index contributed by atoms with van der Waals surface area (Å²) in [5.74, 6) is 0.786. The van der Waals surface area contributed by atoms with Crippen molar-refractivity contribution in [1.29, 1.82) is 0 Å². The quantitative estimate of drug-likeness (QED) is 0.748. The lowest BCUT2D eigenvalue weighted by atomic mass is 10.1. The van der Waals surface area contributed by atoms with Gasteiger partial charge in [-0.2, -0.15) is 9.90 Å². The molecule has 7 heteroatoms. The second-order valence-electron chi connectivity index (χ2n) is 6.24. The molecule has 1 N–H and O–H groups in total. The van der Waals surface area contributed by atoms with E-state index in [1.54, 1.807) is 39.3 Å². The van der Waals surface area contributed by atoms with Crippen LogP contribution in [0.3, 0.4) is 0 Å². The van der Waals surface area contributed by atoms with Gasteiger partial charge in [0.15, 0.2) is 17.2 Å². The molecule has 1 heterocycles. The van der Waals surface area contributed by atoms with Crippen LogP contribution >= 0.6 is 0 Å². The van der Waals surface area contributed by atoms with Gasteiger partial charge in [0.1, 0.15) is 0 Å². The zero-order valence-electron chi connectivity index (χ0n) is 16.0. The molecule has 0 aliphatic rings. The Balaban J connectivity index is 1.87. The minimum atomic E-state index is -0.337. The van der Waals surface area contributed by atoms with Crippen LogP contribution in [0.5, 0.6) is 11.5 Å². The van der Waals surface area contributed by atoms with E-state index >= 15 is 0 Å². The minimum absolute atomic E-state index is 0.268. The highest BCUT2D eigenvalue weighted by atomic mass is 16.5. The lowest BCUT2D eigenvalue weighted by molar-refractivity contribution is 0.102. The molecule has 0 bridgehead atoms. The second kappa shape index (κ2) is 7.49. The molecule has 3 aromatic rings. The van der Waals surface area contributed by atoms with Gasteiger partial charge >= 0.3 is 0 Å². The number of methoxy groups -OCH3 is 2. The molecule has 7 nitrogen and oxygen atoms in total. The highest BCUT2D eigenvalue weighted by molar-refractivity contribution is 6.03. The molecule has 140 valence electrons. The number of anilines is 1. The second-order valence-corrected chi connectivity index (χ2v) is 6.24. The highest BCUT2D eigenvalue weighted by Gasteiger charge is 2.18. The molecule has 0 fully saturated rings. The van der Waals surface area contributed by atoms with Crippen LogP contribution in [-0.2, 0) is 0 Å². The average molecular weight is 366 g/mol. The number of nitrogens with zero attached hydrogens (tertiary/aromatic N) is 3. The van der Waals surface area contributed by atoms with E-state index in [0.29, 0.717) is 22.9 Å². The first-order valence-electron chi connectivity index (χ1n) is 8.48. The van der Waals surface area contributed by atoms with Crippen molar-refractivity contribution in [1.82, 2.24) is 15.0 Å². The van der Waals surface area contributed by atoms with Gasteiger partial charge in [0.05, 0.1) is 25.6 Å². The Bertz CT molecular complexity index is 995. The fourth-order valence-corrected chi connectivity index (χ4v) is 2.83. The van der Waals surface area contributed by atoms with E-state index in [2.05, 4.69) is 21.6 Å². The van der Waals surface area contributed by atoms with Gasteiger partial charge in [-0.05, 0) is 44.5 Å². The van der Waals surface area contributed by atoms with Gasteiger partial charge in [0, 0.05) is 11.8 Å². The van der Waals surface area contributed by atoms with Gasteiger partial charge in [0.2, 0.25) is 0 Å². The van der Waals surface area contributed by atoms with Crippen molar-refractivity contribution in [2.24, 2.45) is 0 Å². The minimum Gasteiger partial charge on any atom is -0.493 e. The summed E-state index contributed by atoms with van der Waals surface area (Å²) in [6.45, 7) is 5.78. The first kappa shape index (κ1) is 18.4. The summed E-state index contributed by atoms with van der Waals surface area (Å²) < 4.78 is 10.5. The van der Waals surface area contributed by atoms with Crippen LogP contribution in [0.4, 0.5) is 5.69 Å². The van der Waals surface area contributed by atoms with Crippen molar-refractivity contribution in [2.45, 2.75) is 20.8 Å². The zero-order valence-corrected chi connectivity index (χ0v) is 16.0. The first-order chi connectivity index (χ1) is 12.9. The number of amides is 1. The molecule has 0 unspecified atom stereocenters. The number of nitrogens with one attached hydrogen (secondary N) is 1. The van der Waals surface area contributed by atoms with E-state index < -0.39 is 0 Å². The number of aromatic nitrogens is 3. The molecule has 0 aliphatic heterocycles. The SMILES string of the molecule is COc1ccc(NC(=O)c2nn(-c3ccc(C)cc3C)nc2C)cc1OC. The number of rotatable bonds is 5. The van der Waals surface area contributed by atoms with Crippen molar-refractivity contribution in [3.05, 3.63) is 58.9 Å². The molecule has 2 aromatic carbocycles. The van der Waals surface area contributed by atoms with Gasteiger partial charge in [-0.25, -0.2) is 0 Å². The van der Waals surface area contributed by atoms with Gasteiger partial charge in [0.25, 0.3) is 5.91 Å². The monoisotopic (exact) mass is 366 g/mol. The first-order valence-corrected chi connectivity index (χ1v) is 8.48. The van der Waals surface area contributed by atoms with Gasteiger partial charge in [-0.1, -0.05) is 17.7 Å². The topological polar surface area (TPSA) is 78.3 Å². The predicted octanol–water partition coefficient (Wildman–Crippen LogP) is 3.46. The van der Waals surface area contributed by atoms with Crippen LogP contribution in [0, 0.1) is 20.8 Å². The Kier molecular flexibility index (Phi) is 5.12. The molecular formula is C20H22N4O3. The molecule has 0 spiro atoms. The summed E-state index contributed by atoms with van der Waals surface area (Å²) in [6.07, 6.45) is 0. The summed E-state index contributed by atoms with van der Waals surface area (Å²) in [6, 6.07) is 11.2. The molecule has 0 atom stereocenters. The summed E-state index contributed by atoms with van der Waals surface area (Å²) >= 11 is 0. The van der Waals surface area contributed by atoms with Crippen LogP contribution < -0.4 is 14.8 Å². The molecule has 0 saturated heterocycles. The number of benzene rings is 2. The maximum Gasteiger partial charge on any atom is 0.278 e. The Labute approximate surface area is 157 Å². The van der Waals surface area contributed by atoms with E-state index in [1.807, 2.05) is 26.0 Å². The van der Waals surface area contributed by atoms with Crippen LogP contribution in [-0.4, -0.2) is 35.1 Å². The Hall–Kier alpha value is -3.35. The number of ether oxygens (including phenoxy) is 2. The third-order valence-corrected chi connectivity index (χ3v) is 4.21. The molecule has 0 radical (unpaired) electrons. The van der Waals surface area contributed by atoms with Crippen molar-refractivity contribution < 1.29 is 14.3 Å². The van der Waals surface area contributed by atoms with Crippen LogP contribution in [0.2, 0.25) is 0 Å². The van der Waals surface area contributed by atoms with E-state index in [-0.39, 0.29) is 11.6 Å². The summed E-state index contributed by atoms with van der Waals surface area (Å²) in [4.78, 5) is 14.2. The summed E-state index contributed by atoms with van der Waals surface area (Å²) in [5, 5.41) is 11.6. The molecule has 1 aromatic heterocycles. The van der Waals surface area contributed by atoms with Crippen molar-refractivity contribution >= 4 is 11.6 Å². The van der Waals surface area contributed by atoms with Crippen LogP contribution in [0.1, 0.15) is 27.3 Å². The van der Waals surface area contributed by atoms with Crippen molar-refractivity contribution in [2.75, 3.05) is 19.5 Å². The van der Waals surface area contributed by atoms with Crippen molar-refractivity contribution in [3.8, 4) is 17.2 Å². The van der Waals surface area contributed by atoms with Crippen molar-refractivity contribution in [3.63, 3.8) is 0 Å². The van der Waals surface area contributed by atoms with E-state index in [0.717, 1.165) is 16.8 Å². The smallest absolute Gasteiger partial charge is 0.278 e. The summed E-state index contributed by atoms with van der Waals surface area (Å²) in [5.41, 5.74) is 4.44. The molecule has 1 amide bonds. The average Bonchev–Trinajstić information content (AvgIpc) is 3.03. The lowest BCUT2D eigenvalue weighted by Gasteiger charge is -2.10. The number of hydrogen-bond acceptors (Lipinski definition) is 5. The lowest BCUT2D eigenvalue weighted by Crippen LogP contribution is -2.14. The Morgan fingerprint density at radius 1 is 0.963 bits per heavy atom. The third kappa shape index (κ3) is 3.76. The summed E-state index contributed by atoms with van der Waals surface area (Å²) in [7, 11) is 3.11. The van der Waals surface area contributed by atoms with Gasteiger partial charge in [-0.15, -0.1) is 5.10 Å². The highest BCUT2D eigenvalue weighted by Crippen LogP contribution is 2.30. The molecule has 3 rings (SSSR count). The van der Waals surface area contributed by atoms with E-state index in [1.165, 1.54) is 4.80 Å². The van der Waals surface area contributed by atoms with E-state index in [4.69, 9.17) is 9.47 Å². The number of aryl methyl sites for hydroxylation is 3. The maximum absolute atomic E-state index is 12.7. The predicted molar refractivity (Wildman–Crippen MR) is 103 cm³/mol. The maximum atomic E-state index is 12.7. The molecular weight excluding hydrogens is 344 g/mol. The van der Waals surface area contributed by atoms with Gasteiger partial charge < -0.3 is 14.8 Å². The fraction of sp³-hybridized carbons (Fsp3) is 0.250.